The van der Waals surface area contributed by atoms with Crippen molar-refractivity contribution < 1.29 is 23.4 Å². The molecule has 2 aromatic rings. The van der Waals surface area contributed by atoms with Crippen molar-refractivity contribution in [3.8, 4) is 0 Å². The van der Waals surface area contributed by atoms with Gasteiger partial charge in [0.1, 0.15) is 18.2 Å². The zero-order valence-electron chi connectivity index (χ0n) is 17.1. The maximum absolute atomic E-state index is 13.4. The van der Waals surface area contributed by atoms with Gasteiger partial charge in [-0.3, -0.25) is 9.80 Å². The molecule has 3 rings (SSSR count). The predicted octanol–water partition coefficient (Wildman–Crippen LogP) is 3.75. The quantitative estimate of drug-likeness (QED) is 0.464. The van der Waals surface area contributed by atoms with Gasteiger partial charge in [0.2, 0.25) is 0 Å². The van der Waals surface area contributed by atoms with Crippen molar-refractivity contribution in [1.82, 2.24) is 9.80 Å². The average Bonchev–Trinajstić information content (AvgIpc) is 2.74. The Balaban J connectivity index is 0.00000341. The minimum absolute atomic E-state index is 0. The molecular weight excluding hydrogens is 426 g/mol. The topological polar surface area (TPSA) is 53.0 Å². The van der Waals surface area contributed by atoms with E-state index in [1.54, 1.807) is 24.3 Å². The van der Waals surface area contributed by atoms with Gasteiger partial charge in [-0.2, -0.15) is 0 Å². The number of piperazine rings is 1. The normalized spacial score (nSPS) is 15.3. The van der Waals surface area contributed by atoms with Gasteiger partial charge in [0.05, 0.1) is 12.6 Å². The molecule has 1 N–H and O–H groups in total. The van der Waals surface area contributed by atoms with Crippen LogP contribution in [0.5, 0.6) is 0 Å². The monoisotopic (exact) mass is 452 g/mol. The molecule has 1 aliphatic heterocycles. The zero-order valence-corrected chi connectivity index (χ0v) is 17.9. The third kappa shape index (κ3) is 7.70. The first-order valence-corrected chi connectivity index (χ1v) is 9.95. The van der Waals surface area contributed by atoms with Gasteiger partial charge in [0.15, 0.2) is 0 Å². The smallest absolute Gasteiger partial charge is 0.329 e. The molecule has 0 saturated carbocycles. The van der Waals surface area contributed by atoms with Gasteiger partial charge < -0.3 is 9.84 Å². The second-order valence-corrected chi connectivity index (χ2v) is 7.22. The van der Waals surface area contributed by atoms with Crippen LogP contribution in [0.15, 0.2) is 60.7 Å². The summed E-state index contributed by atoms with van der Waals surface area (Å²) in [5.41, 5.74) is 1.96. The van der Waals surface area contributed by atoms with Crippen LogP contribution < -0.4 is 0 Å². The lowest BCUT2D eigenvalue weighted by Gasteiger charge is -2.39. The van der Waals surface area contributed by atoms with Crippen molar-refractivity contribution in [2.75, 3.05) is 45.9 Å². The molecule has 0 amide bonds. The largest absolute Gasteiger partial charge is 0.480 e. The molecule has 0 unspecified atom stereocenters. The van der Waals surface area contributed by atoms with E-state index in [0.717, 1.165) is 43.9 Å². The fraction of sp³-hybridized carbons (Fsp3) is 0.348. The molecule has 1 aliphatic rings. The number of hydrogen-bond acceptors (Lipinski definition) is 4. The number of rotatable bonds is 9. The minimum Gasteiger partial charge on any atom is -0.480 e. The van der Waals surface area contributed by atoms with Crippen molar-refractivity contribution in [3.05, 3.63) is 83.4 Å². The molecule has 31 heavy (non-hydrogen) atoms. The first kappa shape index (κ1) is 24.9. The van der Waals surface area contributed by atoms with Crippen molar-refractivity contribution in [2.45, 2.75) is 6.04 Å². The third-order valence-corrected chi connectivity index (χ3v) is 5.11. The van der Waals surface area contributed by atoms with Crippen molar-refractivity contribution in [2.24, 2.45) is 0 Å². The van der Waals surface area contributed by atoms with Crippen LogP contribution in [0.2, 0.25) is 0 Å². The molecule has 0 atom stereocenters. The molecular formula is C23H27ClF2N2O3. The number of carboxylic acids is 1. The lowest BCUT2D eigenvalue weighted by atomic mass is 9.96. The molecule has 168 valence electrons. The predicted molar refractivity (Wildman–Crippen MR) is 117 cm³/mol. The molecule has 0 bridgehead atoms. The summed E-state index contributed by atoms with van der Waals surface area (Å²) in [4.78, 5) is 15.0. The summed E-state index contributed by atoms with van der Waals surface area (Å²) in [5.74, 6) is -1.53. The molecule has 8 heteroatoms. The Morgan fingerprint density at radius 2 is 1.45 bits per heavy atom. The van der Waals surface area contributed by atoms with Crippen LogP contribution in [0.1, 0.15) is 17.2 Å². The fourth-order valence-corrected chi connectivity index (χ4v) is 3.61. The zero-order chi connectivity index (χ0) is 21.3. The molecule has 1 saturated heterocycles. The number of nitrogens with zero attached hydrogens (tertiary/aromatic N) is 2. The van der Waals surface area contributed by atoms with E-state index < -0.39 is 5.97 Å². The van der Waals surface area contributed by atoms with E-state index in [2.05, 4.69) is 9.80 Å². The Labute approximate surface area is 187 Å². The number of carbonyl (C=O) groups is 1. The number of ether oxygens (including phenoxy) is 1. The second-order valence-electron chi connectivity index (χ2n) is 7.22. The molecule has 0 radical (unpaired) electrons. The molecule has 5 nitrogen and oxygen atoms in total. The highest BCUT2D eigenvalue weighted by Gasteiger charge is 2.26. The molecule has 1 heterocycles. The molecule has 0 aliphatic carbocycles. The Bertz CT molecular complexity index is 793. The summed E-state index contributed by atoms with van der Waals surface area (Å²) < 4.78 is 31.8. The summed E-state index contributed by atoms with van der Waals surface area (Å²) in [6.45, 7) is 4.12. The summed E-state index contributed by atoms with van der Waals surface area (Å²) in [6.07, 6.45) is 3.81. The number of hydrogen-bond donors (Lipinski definition) is 1. The van der Waals surface area contributed by atoms with Crippen LogP contribution in [0.3, 0.4) is 0 Å². The number of carboxylic acid groups (broad SMARTS) is 1. The maximum atomic E-state index is 13.4. The van der Waals surface area contributed by atoms with E-state index in [4.69, 9.17) is 9.84 Å². The van der Waals surface area contributed by atoms with Gasteiger partial charge in [0.25, 0.3) is 0 Å². The van der Waals surface area contributed by atoms with Crippen LogP contribution in [-0.4, -0.2) is 66.8 Å². The lowest BCUT2D eigenvalue weighted by molar-refractivity contribution is -0.141. The fourth-order valence-electron chi connectivity index (χ4n) is 3.61. The lowest BCUT2D eigenvalue weighted by Crippen LogP contribution is -2.47. The van der Waals surface area contributed by atoms with Gasteiger partial charge in [-0.25, -0.2) is 13.6 Å². The summed E-state index contributed by atoms with van der Waals surface area (Å²) in [7, 11) is 0. The van der Waals surface area contributed by atoms with E-state index in [1.165, 1.54) is 24.3 Å². The molecule has 0 aromatic heterocycles. The third-order valence-electron chi connectivity index (χ3n) is 5.11. The minimum atomic E-state index is -0.976. The van der Waals surface area contributed by atoms with Crippen LogP contribution in [0, 0.1) is 11.6 Å². The Kier molecular flexibility index (Phi) is 10.1. The highest BCUT2D eigenvalue weighted by atomic mass is 35.5. The number of halogens is 3. The van der Waals surface area contributed by atoms with E-state index >= 15 is 0 Å². The van der Waals surface area contributed by atoms with Gasteiger partial charge in [-0.1, -0.05) is 36.4 Å². The average molecular weight is 453 g/mol. The van der Waals surface area contributed by atoms with Crippen LogP contribution in [0.25, 0.3) is 0 Å². The SMILES string of the molecule is Cl.O=C(O)COCC=CCN1CCN(C(c2ccc(F)cc2)c2ccc(F)cc2)CC1. The van der Waals surface area contributed by atoms with Crippen LogP contribution >= 0.6 is 12.4 Å². The van der Waals surface area contributed by atoms with Crippen LogP contribution in [0.4, 0.5) is 8.78 Å². The molecule has 0 spiro atoms. The number of aliphatic carboxylic acids is 1. The number of benzene rings is 2. The summed E-state index contributed by atoms with van der Waals surface area (Å²) in [5, 5.41) is 8.54. The first-order valence-electron chi connectivity index (χ1n) is 9.95. The van der Waals surface area contributed by atoms with E-state index in [1.807, 2.05) is 12.2 Å². The molecule has 1 fully saturated rings. The second kappa shape index (κ2) is 12.5. The van der Waals surface area contributed by atoms with Gasteiger partial charge in [-0.05, 0) is 35.4 Å². The van der Waals surface area contributed by atoms with Crippen molar-refractivity contribution >= 4 is 18.4 Å². The van der Waals surface area contributed by atoms with Gasteiger partial charge in [-0.15, -0.1) is 12.4 Å². The maximum Gasteiger partial charge on any atom is 0.329 e. The summed E-state index contributed by atoms with van der Waals surface area (Å²) in [6, 6.07) is 12.9. The standard InChI is InChI=1S/C23H26F2N2O3.ClH/c24-20-7-3-18(4-8-20)23(19-5-9-21(25)10-6-19)27-14-12-26(13-15-27)11-1-2-16-30-17-22(28)29;/h1-10,23H,11-17H2,(H,28,29);1H. The van der Waals surface area contributed by atoms with Gasteiger partial charge in [0, 0.05) is 32.7 Å². The van der Waals surface area contributed by atoms with Gasteiger partial charge >= 0.3 is 5.97 Å². The van der Waals surface area contributed by atoms with E-state index in [9.17, 15) is 13.6 Å². The highest BCUT2D eigenvalue weighted by molar-refractivity contribution is 5.85. The first-order chi connectivity index (χ1) is 14.5. The van der Waals surface area contributed by atoms with E-state index in [0.29, 0.717) is 0 Å². The van der Waals surface area contributed by atoms with E-state index in [-0.39, 0.29) is 43.3 Å². The van der Waals surface area contributed by atoms with Crippen molar-refractivity contribution in [3.63, 3.8) is 0 Å². The Morgan fingerprint density at radius 3 is 1.94 bits per heavy atom. The molecule has 2 aromatic carbocycles. The summed E-state index contributed by atoms with van der Waals surface area (Å²) >= 11 is 0. The highest BCUT2D eigenvalue weighted by Crippen LogP contribution is 2.30. The Hall–Kier alpha value is -2.32. The van der Waals surface area contributed by atoms with Crippen LogP contribution in [-0.2, 0) is 9.53 Å². The Morgan fingerprint density at radius 1 is 0.935 bits per heavy atom. The van der Waals surface area contributed by atoms with Crippen molar-refractivity contribution in [1.29, 1.82) is 0 Å².